The Kier molecular flexibility index (Phi) is 6.06. The molecule has 7 nitrogen and oxygen atoms in total. The summed E-state index contributed by atoms with van der Waals surface area (Å²) in [5.41, 5.74) is 1.91. The van der Waals surface area contributed by atoms with Gasteiger partial charge in [-0.3, -0.25) is 9.36 Å². The molecule has 1 aliphatic rings. The third-order valence-corrected chi connectivity index (χ3v) is 6.23. The maximum absolute atomic E-state index is 13.4. The van der Waals surface area contributed by atoms with E-state index in [1.54, 1.807) is 49.4 Å². The molecule has 9 heteroatoms. The molecule has 2 heterocycles. The number of carbonyl (C=O) groups excluding carboxylic acids is 2. The Labute approximate surface area is 191 Å². The van der Waals surface area contributed by atoms with Crippen LogP contribution in [0.5, 0.6) is 0 Å². The smallest absolute Gasteiger partial charge is 0.338 e. The van der Waals surface area contributed by atoms with Gasteiger partial charge in [0.05, 0.1) is 41.6 Å². The molecule has 0 amide bonds. The van der Waals surface area contributed by atoms with Gasteiger partial charge < -0.3 is 9.47 Å². The van der Waals surface area contributed by atoms with Crippen LogP contribution < -0.4 is 14.9 Å². The first-order chi connectivity index (χ1) is 15.8. The van der Waals surface area contributed by atoms with Gasteiger partial charge in [0.1, 0.15) is 5.82 Å². The minimum Gasteiger partial charge on any atom is -0.466 e. The number of benzene rings is 2. The SMILES string of the molecule is COC(=O)C1=C(C)N=c2s/c(=C/c3ccc(F)cc3)c(=O)n2C1c1ccc(C(=O)OC)cc1. The number of nitrogens with zero attached hydrogens (tertiary/aromatic N) is 2. The van der Waals surface area contributed by atoms with E-state index in [1.807, 2.05) is 0 Å². The van der Waals surface area contributed by atoms with Crippen molar-refractivity contribution in [1.29, 1.82) is 0 Å². The molecule has 0 bridgehead atoms. The lowest BCUT2D eigenvalue weighted by molar-refractivity contribution is -0.136. The maximum Gasteiger partial charge on any atom is 0.338 e. The average Bonchev–Trinajstić information content (AvgIpc) is 3.13. The number of halogens is 1. The van der Waals surface area contributed by atoms with Crippen LogP contribution >= 0.6 is 11.3 Å². The van der Waals surface area contributed by atoms with Crippen molar-refractivity contribution in [2.75, 3.05) is 14.2 Å². The van der Waals surface area contributed by atoms with Gasteiger partial charge in [0.15, 0.2) is 4.80 Å². The molecule has 0 aliphatic carbocycles. The zero-order valence-corrected chi connectivity index (χ0v) is 18.8. The van der Waals surface area contributed by atoms with E-state index in [9.17, 15) is 18.8 Å². The highest BCUT2D eigenvalue weighted by molar-refractivity contribution is 7.07. The van der Waals surface area contributed by atoms with E-state index in [0.717, 1.165) is 0 Å². The van der Waals surface area contributed by atoms with E-state index < -0.39 is 18.0 Å². The molecule has 1 unspecified atom stereocenters. The molecule has 0 fully saturated rings. The predicted molar refractivity (Wildman–Crippen MR) is 120 cm³/mol. The van der Waals surface area contributed by atoms with E-state index in [1.165, 1.54) is 42.3 Å². The fourth-order valence-corrected chi connectivity index (χ4v) is 4.68. The molecular weight excluding hydrogens is 447 g/mol. The van der Waals surface area contributed by atoms with Crippen molar-refractivity contribution in [2.45, 2.75) is 13.0 Å². The van der Waals surface area contributed by atoms with Gasteiger partial charge in [0.2, 0.25) is 0 Å². The summed E-state index contributed by atoms with van der Waals surface area (Å²) < 4.78 is 24.8. The Morgan fingerprint density at radius 2 is 1.67 bits per heavy atom. The van der Waals surface area contributed by atoms with Crippen molar-refractivity contribution in [3.05, 3.63) is 102 Å². The van der Waals surface area contributed by atoms with Gasteiger partial charge in [-0.25, -0.2) is 19.0 Å². The molecule has 0 N–H and O–H groups in total. The Morgan fingerprint density at radius 3 is 2.27 bits per heavy atom. The third-order valence-electron chi connectivity index (χ3n) is 5.24. The van der Waals surface area contributed by atoms with Crippen LogP contribution in [0, 0.1) is 5.82 Å². The molecular formula is C24H19FN2O5S. The minimum absolute atomic E-state index is 0.226. The van der Waals surface area contributed by atoms with Crippen LogP contribution in [-0.2, 0) is 14.3 Å². The van der Waals surface area contributed by atoms with Crippen LogP contribution in [-0.4, -0.2) is 30.7 Å². The molecule has 33 heavy (non-hydrogen) atoms. The summed E-state index contributed by atoms with van der Waals surface area (Å²) in [5.74, 6) is -1.47. The van der Waals surface area contributed by atoms with Crippen LogP contribution in [0.1, 0.15) is 34.5 Å². The Morgan fingerprint density at radius 1 is 1.03 bits per heavy atom. The highest BCUT2D eigenvalue weighted by atomic mass is 32.1. The van der Waals surface area contributed by atoms with Crippen LogP contribution in [0.25, 0.3) is 6.08 Å². The molecule has 0 spiro atoms. The quantitative estimate of drug-likeness (QED) is 0.551. The molecule has 1 atom stereocenters. The number of esters is 2. The summed E-state index contributed by atoms with van der Waals surface area (Å²) in [5, 5.41) is 0. The molecule has 2 aromatic carbocycles. The first-order valence-corrected chi connectivity index (χ1v) is 10.7. The number of hydrogen-bond acceptors (Lipinski definition) is 7. The third kappa shape index (κ3) is 4.14. The Balaban J connectivity index is 1.92. The number of carbonyl (C=O) groups is 2. The molecule has 0 saturated heterocycles. The van der Waals surface area contributed by atoms with Crippen molar-refractivity contribution in [3.8, 4) is 0 Å². The number of rotatable bonds is 4. The zero-order valence-electron chi connectivity index (χ0n) is 18.0. The van der Waals surface area contributed by atoms with Gasteiger partial charge in [-0.2, -0.15) is 0 Å². The molecule has 1 aliphatic heterocycles. The minimum atomic E-state index is -0.796. The molecule has 168 valence electrons. The highest BCUT2D eigenvalue weighted by Crippen LogP contribution is 2.30. The van der Waals surface area contributed by atoms with Crippen LogP contribution in [0.2, 0.25) is 0 Å². The van der Waals surface area contributed by atoms with Crippen LogP contribution in [0.3, 0.4) is 0 Å². The average molecular weight is 466 g/mol. The van der Waals surface area contributed by atoms with Gasteiger partial charge in [0.25, 0.3) is 5.56 Å². The van der Waals surface area contributed by atoms with Crippen LogP contribution in [0.15, 0.2) is 69.6 Å². The fourth-order valence-electron chi connectivity index (χ4n) is 3.64. The van der Waals surface area contributed by atoms with Gasteiger partial charge >= 0.3 is 11.9 Å². The van der Waals surface area contributed by atoms with E-state index >= 15 is 0 Å². The van der Waals surface area contributed by atoms with Crippen molar-refractivity contribution in [2.24, 2.45) is 4.99 Å². The standard InChI is InChI=1S/C24H19FN2O5S/c1-13-19(23(30)32-3)20(15-6-8-16(9-7-15)22(29)31-2)27-21(28)18(33-24(27)26-13)12-14-4-10-17(25)11-5-14/h4-12,20H,1-3H3/b18-12+. The number of allylic oxidation sites excluding steroid dienone is 1. The number of thiazole rings is 1. The van der Waals surface area contributed by atoms with Gasteiger partial charge in [0, 0.05) is 0 Å². The van der Waals surface area contributed by atoms with Gasteiger partial charge in [-0.1, -0.05) is 35.6 Å². The summed E-state index contributed by atoms with van der Waals surface area (Å²) in [6.45, 7) is 1.68. The first-order valence-electron chi connectivity index (χ1n) is 9.88. The van der Waals surface area contributed by atoms with Crippen molar-refractivity contribution < 1.29 is 23.5 Å². The second-order valence-corrected chi connectivity index (χ2v) is 8.25. The Hall–Kier alpha value is -3.85. The molecule has 4 rings (SSSR count). The number of ether oxygens (including phenoxy) is 2. The summed E-state index contributed by atoms with van der Waals surface area (Å²) in [6.07, 6.45) is 1.65. The lowest BCUT2D eigenvalue weighted by atomic mass is 9.95. The van der Waals surface area contributed by atoms with Gasteiger partial charge in [-0.05, 0) is 48.4 Å². The number of hydrogen-bond donors (Lipinski definition) is 0. The van der Waals surface area contributed by atoms with E-state index in [2.05, 4.69) is 4.99 Å². The lowest BCUT2D eigenvalue weighted by Crippen LogP contribution is -2.39. The van der Waals surface area contributed by atoms with E-state index in [4.69, 9.17) is 9.47 Å². The number of methoxy groups -OCH3 is 2. The normalized spacial score (nSPS) is 15.6. The number of aromatic nitrogens is 1. The second-order valence-electron chi connectivity index (χ2n) is 7.24. The fraction of sp³-hybridized carbons (Fsp3) is 0.167. The first kappa shape index (κ1) is 22.3. The monoisotopic (exact) mass is 466 g/mol. The predicted octanol–water partition coefficient (Wildman–Crippen LogP) is 2.33. The second kappa shape index (κ2) is 8.95. The summed E-state index contributed by atoms with van der Waals surface area (Å²) >= 11 is 1.17. The lowest BCUT2D eigenvalue weighted by Gasteiger charge is -2.24. The number of fused-ring (bicyclic) bond motifs is 1. The Bertz CT molecular complexity index is 1450. The van der Waals surface area contributed by atoms with Gasteiger partial charge in [-0.15, -0.1) is 0 Å². The molecule has 1 aromatic heterocycles. The molecule has 3 aromatic rings. The van der Waals surface area contributed by atoms with Crippen molar-refractivity contribution in [1.82, 2.24) is 4.57 Å². The van der Waals surface area contributed by atoms with E-state index in [0.29, 0.717) is 31.7 Å². The zero-order chi connectivity index (χ0) is 23.7. The van der Waals surface area contributed by atoms with Crippen LogP contribution in [0.4, 0.5) is 4.39 Å². The summed E-state index contributed by atoms with van der Waals surface area (Å²) in [4.78, 5) is 42.8. The molecule has 0 saturated carbocycles. The largest absolute Gasteiger partial charge is 0.466 e. The topological polar surface area (TPSA) is 87.0 Å². The summed E-state index contributed by atoms with van der Waals surface area (Å²) in [7, 11) is 2.55. The maximum atomic E-state index is 13.4. The summed E-state index contributed by atoms with van der Waals surface area (Å²) in [6, 6.07) is 11.4. The van der Waals surface area contributed by atoms with Crippen molar-refractivity contribution >= 4 is 29.4 Å². The van der Waals surface area contributed by atoms with E-state index in [-0.39, 0.29) is 16.9 Å². The van der Waals surface area contributed by atoms with Crippen molar-refractivity contribution in [3.63, 3.8) is 0 Å². The highest BCUT2D eigenvalue weighted by Gasteiger charge is 2.33. The molecule has 0 radical (unpaired) electrons.